The fraction of sp³-hybridized carbons (Fsp3) is 0.222. The highest BCUT2D eigenvalue weighted by atomic mass is 19.1. The van der Waals surface area contributed by atoms with Crippen LogP contribution in [0.4, 0.5) is 8.78 Å². The van der Waals surface area contributed by atoms with E-state index < -0.39 is 11.6 Å². The third-order valence-corrected chi connectivity index (χ3v) is 5.83. The average molecular weight is 446 g/mol. The first-order valence-corrected chi connectivity index (χ1v) is 11.0. The zero-order chi connectivity index (χ0) is 22.8. The fourth-order valence-electron chi connectivity index (χ4n) is 3.84. The molecule has 1 aliphatic rings. The van der Waals surface area contributed by atoms with Crippen LogP contribution >= 0.6 is 0 Å². The third-order valence-electron chi connectivity index (χ3n) is 5.83. The number of ether oxygens (including phenoxy) is 2. The molecule has 0 bridgehead atoms. The van der Waals surface area contributed by atoms with Gasteiger partial charge in [0.15, 0.2) is 11.5 Å². The molecule has 168 valence electrons. The summed E-state index contributed by atoms with van der Waals surface area (Å²) in [6.45, 7) is 0.902. The van der Waals surface area contributed by atoms with Crippen molar-refractivity contribution in [2.75, 3.05) is 13.7 Å². The minimum absolute atomic E-state index is 0.232. The van der Waals surface area contributed by atoms with Gasteiger partial charge in [-0.2, -0.15) is 0 Å². The van der Waals surface area contributed by atoms with E-state index in [-0.39, 0.29) is 6.54 Å². The van der Waals surface area contributed by atoms with E-state index in [0.717, 1.165) is 22.7 Å². The summed E-state index contributed by atoms with van der Waals surface area (Å²) in [6.07, 6.45) is 6.22. The van der Waals surface area contributed by atoms with Gasteiger partial charge >= 0.3 is 0 Å². The van der Waals surface area contributed by atoms with Crippen LogP contribution in [0.25, 0.3) is 23.2 Å². The number of para-hydroxylation sites is 3. The molecular weight excluding hydrogens is 422 g/mol. The Morgan fingerprint density at radius 1 is 1.03 bits per heavy atom. The minimum atomic E-state index is -0.594. The molecule has 4 aromatic rings. The zero-order valence-electron chi connectivity index (χ0n) is 18.3. The van der Waals surface area contributed by atoms with Gasteiger partial charge < -0.3 is 14.0 Å². The van der Waals surface area contributed by atoms with Crippen LogP contribution in [-0.4, -0.2) is 23.3 Å². The summed E-state index contributed by atoms with van der Waals surface area (Å²) in [4.78, 5) is 4.74. The number of aromatic nitrogens is 2. The van der Waals surface area contributed by atoms with Gasteiger partial charge in [-0.3, -0.25) is 0 Å². The molecule has 6 heteroatoms. The van der Waals surface area contributed by atoms with E-state index >= 15 is 0 Å². The maximum Gasteiger partial charge on any atom is 0.168 e. The topological polar surface area (TPSA) is 36.3 Å². The van der Waals surface area contributed by atoms with E-state index in [4.69, 9.17) is 14.5 Å². The molecule has 0 unspecified atom stereocenters. The van der Waals surface area contributed by atoms with Gasteiger partial charge in [-0.1, -0.05) is 30.3 Å². The van der Waals surface area contributed by atoms with Crippen molar-refractivity contribution < 1.29 is 18.3 Å². The number of imidazole rings is 1. The number of halogens is 2. The molecule has 1 fully saturated rings. The number of nitrogens with zero attached hydrogens (tertiary/aromatic N) is 2. The second kappa shape index (κ2) is 9.06. The summed E-state index contributed by atoms with van der Waals surface area (Å²) < 4.78 is 41.3. The van der Waals surface area contributed by atoms with E-state index in [1.807, 2.05) is 59.2 Å². The Labute approximate surface area is 191 Å². The molecule has 1 heterocycles. The highest BCUT2D eigenvalue weighted by Crippen LogP contribution is 2.36. The highest BCUT2D eigenvalue weighted by Gasteiger charge is 2.23. The van der Waals surface area contributed by atoms with Crippen molar-refractivity contribution in [2.24, 2.45) is 5.92 Å². The van der Waals surface area contributed by atoms with Crippen LogP contribution in [0, 0.1) is 17.6 Å². The molecule has 0 atom stereocenters. The normalized spacial score (nSPS) is 13.7. The molecule has 3 aromatic carbocycles. The second-order valence-electron chi connectivity index (χ2n) is 8.25. The average Bonchev–Trinajstić information content (AvgIpc) is 3.59. The Morgan fingerprint density at radius 3 is 2.67 bits per heavy atom. The van der Waals surface area contributed by atoms with Gasteiger partial charge in [0.05, 0.1) is 31.3 Å². The smallest absolute Gasteiger partial charge is 0.168 e. The zero-order valence-corrected chi connectivity index (χ0v) is 18.3. The monoisotopic (exact) mass is 446 g/mol. The SMILES string of the molecule is COc1cccc(/C=C/c2nc3ccccc3n2Cc2ccc(F)cc2F)c1OCC1CC1. The predicted molar refractivity (Wildman–Crippen MR) is 125 cm³/mol. The molecule has 1 aliphatic carbocycles. The van der Waals surface area contributed by atoms with Gasteiger partial charge in [-0.15, -0.1) is 0 Å². The summed E-state index contributed by atoms with van der Waals surface area (Å²) in [7, 11) is 1.63. The number of methoxy groups -OCH3 is 1. The largest absolute Gasteiger partial charge is 0.493 e. The van der Waals surface area contributed by atoms with Crippen LogP contribution in [-0.2, 0) is 6.54 Å². The predicted octanol–water partition coefficient (Wildman–Crippen LogP) is 6.33. The standard InChI is InChI=1S/C27H24F2N2O2/c1-32-25-8-4-5-19(27(25)33-17-18-9-10-18)12-14-26-30-23-6-2-3-7-24(23)31(26)16-20-11-13-21(28)15-22(20)29/h2-8,11-15,18H,9-10,16-17H2,1H3/b14-12+. The maximum absolute atomic E-state index is 14.4. The molecule has 0 radical (unpaired) electrons. The van der Waals surface area contributed by atoms with Crippen molar-refractivity contribution in [2.45, 2.75) is 19.4 Å². The molecule has 0 spiro atoms. The quantitative estimate of drug-likeness (QED) is 0.317. The lowest BCUT2D eigenvalue weighted by atomic mass is 10.1. The van der Waals surface area contributed by atoms with Gasteiger partial charge in [0, 0.05) is 17.2 Å². The summed E-state index contributed by atoms with van der Waals surface area (Å²) in [5.41, 5.74) is 2.94. The number of hydrogen-bond donors (Lipinski definition) is 0. The van der Waals surface area contributed by atoms with Crippen molar-refractivity contribution in [3.05, 3.63) is 89.2 Å². The van der Waals surface area contributed by atoms with E-state index in [1.54, 1.807) is 7.11 Å². The second-order valence-corrected chi connectivity index (χ2v) is 8.25. The molecule has 0 aliphatic heterocycles. The first-order chi connectivity index (χ1) is 16.1. The fourth-order valence-corrected chi connectivity index (χ4v) is 3.84. The minimum Gasteiger partial charge on any atom is -0.493 e. The molecule has 0 N–H and O–H groups in total. The molecule has 0 amide bonds. The van der Waals surface area contributed by atoms with Crippen LogP contribution in [0.15, 0.2) is 60.7 Å². The van der Waals surface area contributed by atoms with Crippen molar-refractivity contribution in [1.29, 1.82) is 0 Å². The van der Waals surface area contributed by atoms with Crippen molar-refractivity contribution in [3.63, 3.8) is 0 Å². The Morgan fingerprint density at radius 2 is 1.88 bits per heavy atom. The first-order valence-electron chi connectivity index (χ1n) is 11.0. The van der Waals surface area contributed by atoms with E-state index in [9.17, 15) is 8.78 Å². The Kier molecular flexibility index (Phi) is 5.82. The Balaban J connectivity index is 1.52. The third kappa shape index (κ3) is 4.60. The lowest BCUT2D eigenvalue weighted by molar-refractivity contribution is 0.280. The summed E-state index contributed by atoms with van der Waals surface area (Å²) >= 11 is 0. The van der Waals surface area contributed by atoms with Gasteiger partial charge in [-0.25, -0.2) is 13.8 Å². The first kappa shape index (κ1) is 21.2. The molecule has 0 saturated heterocycles. The number of hydrogen-bond acceptors (Lipinski definition) is 3. The summed E-state index contributed by atoms with van der Waals surface area (Å²) in [6, 6.07) is 17.1. The van der Waals surface area contributed by atoms with Crippen LogP contribution in [0.2, 0.25) is 0 Å². The van der Waals surface area contributed by atoms with E-state index in [0.29, 0.717) is 35.4 Å². The molecule has 4 nitrogen and oxygen atoms in total. The highest BCUT2D eigenvalue weighted by molar-refractivity contribution is 5.81. The lowest BCUT2D eigenvalue weighted by Gasteiger charge is -2.13. The van der Waals surface area contributed by atoms with Crippen LogP contribution in [0.5, 0.6) is 11.5 Å². The van der Waals surface area contributed by atoms with Crippen LogP contribution < -0.4 is 9.47 Å². The maximum atomic E-state index is 14.4. The van der Waals surface area contributed by atoms with Gasteiger partial charge in [0.25, 0.3) is 0 Å². The Bertz CT molecular complexity index is 1330. The number of fused-ring (bicyclic) bond motifs is 1. The molecule has 33 heavy (non-hydrogen) atoms. The van der Waals surface area contributed by atoms with Crippen molar-refractivity contribution in [3.8, 4) is 11.5 Å². The molecule has 5 rings (SSSR count). The van der Waals surface area contributed by atoms with E-state index in [2.05, 4.69) is 0 Å². The van der Waals surface area contributed by atoms with Crippen molar-refractivity contribution >= 4 is 23.2 Å². The van der Waals surface area contributed by atoms with Gasteiger partial charge in [0.2, 0.25) is 0 Å². The van der Waals surface area contributed by atoms with Gasteiger partial charge in [-0.05, 0) is 55.2 Å². The van der Waals surface area contributed by atoms with E-state index in [1.165, 1.54) is 25.0 Å². The Hall–Kier alpha value is -3.67. The number of rotatable bonds is 8. The molecule has 1 saturated carbocycles. The van der Waals surface area contributed by atoms with Crippen LogP contribution in [0.3, 0.4) is 0 Å². The van der Waals surface area contributed by atoms with Crippen molar-refractivity contribution in [1.82, 2.24) is 9.55 Å². The lowest BCUT2D eigenvalue weighted by Crippen LogP contribution is -2.05. The molecular formula is C27H24F2N2O2. The van der Waals surface area contributed by atoms with Gasteiger partial charge in [0.1, 0.15) is 17.5 Å². The number of benzene rings is 3. The molecule has 1 aromatic heterocycles. The van der Waals surface area contributed by atoms with Crippen LogP contribution in [0.1, 0.15) is 29.8 Å². The summed E-state index contributed by atoms with van der Waals surface area (Å²) in [5, 5.41) is 0. The summed E-state index contributed by atoms with van der Waals surface area (Å²) in [5.74, 6) is 1.49.